The van der Waals surface area contributed by atoms with Crippen molar-refractivity contribution in [2.75, 3.05) is 5.75 Å². The molecule has 0 aliphatic heterocycles. The van der Waals surface area contributed by atoms with E-state index >= 15 is 0 Å². The van der Waals surface area contributed by atoms with Gasteiger partial charge in [0.05, 0.1) is 0 Å². The number of halogens is 2. The van der Waals surface area contributed by atoms with E-state index in [2.05, 4.69) is 0 Å². The lowest BCUT2D eigenvalue weighted by Gasteiger charge is -2.01. The zero-order chi connectivity index (χ0) is 6.62. The van der Waals surface area contributed by atoms with Gasteiger partial charge in [-0.3, -0.25) is 0 Å². The van der Waals surface area contributed by atoms with Crippen LogP contribution in [-0.2, 0) is 15.9 Å². The van der Waals surface area contributed by atoms with Gasteiger partial charge in [0.25, 0.3) is 5.75 Å². The maximum Gasteiger partial charge on any atom is 0.465 e. The minimum Gasteiger partial charge on any atom is -0.201 e. The first-order valence-electron chi connectivity index (χ1n) is 2.25. The summed E-state index contributed by atoms with van der Waals surface area (Å²) in [5, 5.41) is 0. The minimum absolute atomic E-state index is 0.0669. The van der Waals surface area contributed by atoms with Crippen LogP contribution in [-0.4, -0.2) is 11.7 Å². The third kappa shape index (κ3) is 2.96. The molecule has 48 valence electrons. The molecule has 0 amide bonds. The normalized spacial score (nSPS) is 11.4. The first-order valence-corrected chi connectivity index (χ1v) is 3.16. The van der Waals surface area contributed by atoms with E-state index < -0.39 is 11.7 Å². The van der Waals surface area contributed by atoms with Crippen molar-refractivity contribution < 1.29 is 13.0 Å². The Balaban J connectivity index is 3.53. The summed E-state index contributed by atoms with van der Waals surface area (Å²) in [5.41, 5.74) is 0. The molecule has 0 N–H and O–H groups in total. The maximum absolute atomic E-state index is 11.9. The van der Waals surface area contributed by atoms with Gasteiger partial charge < -0.3 is 0 Å². The zero-order valence-corrected chi connectivity index (χ0v) is 5.30. The molecule has 0 bridgehead atoms. The molecule has 0 aliphatic rings. The molecule has 0 aromatic rings. The molecule has 0 heterocycles. The van der Waals surface area contributed by atoms with Gasteiger partial charge in [-0.1, -0.05) is 6.92 Å². The molecule has 0 radical (unpaired) electrons. The standard InChI is InChI=1S/C4H7F2OS/c1-2-4(5,6)3-8-7/h2-3H2,1H3/q+1. The van der Waals surface area contributed by atoms with Crippen molar-refractivity contribution in [1.29, 1.82) is 0 Å². The molecule has 0 spiro atoms. The topological polar surface area (TPSA) is 17.1 Å². The Morgan fingerprint density at radius 1 is 1.62 bits per heavy atom. The van der Waals surface area contributed by atoms with Crippen LogP contribution >= 0.6 is 0 Å². The van der Waals surface area contributed by atoms with Crippen LogP contribution in [0.25, 0.3) is 0 Å². The second-order valence-corrected chi connectivity index (χ2v) is 2.00. The van der Waals surface area contributed by atoms with Gasteiger partial charge in [0.15, 0.2) is 0 Å². The third-order valence-electron chi connectivity index (χ3n) is 0.787. The van der Waals surface area contributed by atoms with Crippen molar-refractivity contribution in [1.82, 2.24) is 0 Å². The number of rotatable bonds is 3. The van der Waals surface area contributed by atoms with Crippen molar-refractivity contribution in [3.05, 3.63) is 0 Å². The fourth-order valence-corrected chi connectivity index (χ4v) is 0.565. The first-order chi connectivity index (χ1) is 3.62. The highest BCUT2D eigenvalue weighted by Crippen LogP contribution is 2.16. The molecule has 0 saturated heterocycles. The molecule has 4 heteroatoms. The average molecular weight is 141 g/mol. The van der Waals surface area contributed by atoms with Gasteiger partial charge in [-0.05, 0) is 0 Å². The minimum atomic E-state index is -2.76. The predicted octanol–water partition coefficient (Wildman–Crippen LogP) is 1.46. The van der Waals surface area contributed by atoms with Gasteiger partial charge in [0.2, 0.25) is 0 Å². The van der Waals surface area contributed by atoms with Crippen LogP contribution in [0.2, 0.25) is 0 Å². The number of hydrogen-bond donors (Lipinski definition) is 0. The maximum atomic E-state index is 11.9. The summed E-state index contributed by atoms with van der Waals surface area (Å²) in [6.45, 7) is 1.36. The van der Waals surface area contributed by atoms with E-state index in [0.29, 0.717) is 0 Å². The van der Waals surface area contributed by atoms with Crippen LogP contribution in [0.15, 0.2) is 0 Å². The van der Waals surface area contributed by atoms with Crippen LogP contribution in [0.5, 0.6) is 0 Å². The summed E-state index contributed by atoms with van der Waals surface area (Å²) in [7, 11) is 0. The van der Waals surface area contributed by atoms with Crippen molar-refractivity contribution in [2.45, 2.75) is 19.3 Å². The number of hydrogen-bond acceptors (Lipinski definition) is 1. The van der Waals surface area contributed by atoms with E-state index in [9.17, 15) is 13.0 Å². The van der Waals surface area contributed by atoms with E-state index in [0.717, 1.165) is 0 Å². The zero-order valence-electron chi connectivity index (χ0n) is 4.49. The summed E-state index contributed by atoms with van der Waals surface area (Å²) < 4.78 is 33.4. The molecule has 0 aromatic heterocycles. The van der Waals surface area contributed by atoms with Crippen molar-refractivity contribution in [2.24, 2.45) is 0 Å². The molecular weight excluding hydrogens is 134 g/mol. The molecule has 0 aromatic carbocycles. The molecule has 8 heavy (non-hydrogen) atoms. The largest absolute Gasteiger partial charge is 0.465 e. The fourth-order valence-electron chi connectivity index (χ4n) is 0.188. The molecular formula is C4H7F2OS+. The Kier molecular flexibility index (Phi) is 2.97. The van der Waals surface area contributed by atoms with Gasteiger partial charge in [-0.2, -0.15) is 0 Å². The van der Waals surface area contributed by atoms with Crippen molar-refractivity contribution in [3.8, 4) is 0 Å². The van der Waals surface area contributed by atoms with Crippen LogP contribution in [0.3, 0.4) is 0 Å². The Morgan fingerprint density at radius 2 is 2.12 bits per heavy atom. The third-order valence-corrected chi connectivity index (χ3v) is 1.33. The van der Waals surface area contributed by atoms with Gasteiger partial charge in [0.1, 0.15) is 0 Å². The average Bonchev–Trinajstić information content (AvgIpc) is 1.67. The molecule has 0 saturated carbocycles. The van der Waals surface area contributed by atoms with Crippen LogP contribution in [0, 0.1) is 0 Å². The van der Waals surface area contributed by atoms with Crippen molar-refractivity contribution in [3.63, 3.8) is 0 Å². The van der Waals surface area contributed by atoms with Gasteiger partial charge in [-0.25, -0.2) is 8.78 Å². The summed E-state index contributed by atoms with van der Waals surface area (Å²) in [6.07, 6.45) is -0.248. The van der Waals surface area contributed by atoms with E-state index in [1.165, 1.54) is 6.92 Å². The highest BCUT2D eigenvalue weighted by molar-refractivity contribution is 7.65. The number of alkyl halides is 2. The van der Waals surface area contributed by atoms with Gasteiger partial charge in [0, 0.05) is 10.6 Å². The summed E-state index contributed by atoms with van der Waals surface area (Å²) in [5.74, 6) is -3.37. The lowest BCUT2D eigenvalue weighted by atomic mass is 10.3. The second kappa shape index (κ2) is 3.02. The van der Waals surface area contributed by atoms with E-state index in [-0.39, 0.29) is 18.1 Å². The smallest absolute Gasteiger partial charge is 0.201 e. The van der Waals surface area contributed by atoms with E-state index in [1.54, 1.807) is 0 Å². The predicted molar refractivity (Wildman–Crippen MR) is 28.2 cm³/mol. The van der Waals surface area contributed by atoms with Gasteiger partial charge in [-0.15, -0.1) is 0 Å². The SMILES string of the molecule is CCC(F)(F)C[S+]=O. The van der Waals surface area contributed by atoms with Crippen molar-refractivity contribution >= 4 is 11.7 Å². The molecule has 0 unspecified atom stereocenters. The summed E-state index contributed by atoms with van der Waals surface area (Å²) >= 11 is -0.0669. The molecule has 0 fully saturated rings. The molecule has 1 nitrogen and oxygen atoms in total. The molecule has 0 aliphatic carbocycles. The highest BCUT2D eigenvalue weighted by Gasteiger charge is 2.33. The van der Waals surface area contributed by atoms with Gasteiger partial charge >= 0.3 is 17.6 Å². The van der Waals surface area contributed by atoms with E-state index in [1.807, 2.05) is 0 Å². The second-order valence-electron chi connectivity index (χ2n) is 1.47. The molecule has 0 rings (SSSR count). The lowest BCUT2D eigenvalue weighted by molar-refractivity contribution is 0.0230. The fraction of sp³-hybridized carbons (Fsp3) is 1.00. The summed E-state index contributed by atoms with van der Waals surface area (Å²) in [4.78, 5) is 0. The first kappa shape index (κ1) is 7.88. The quantitative estimate of drug-likeness (QED) is 0.544. The Hall–Kier alpha value is -0.120. The van der Waals surface area contributed by atoms with Crippen LogP contribution in [0.4, 0.5) is 8.78 Å². The van der Waals surface area contributed by atoms with E-state index in [4.69, 9.17) is 0 Å². The summed E-state index contributed by atoms with van der Waals surface area (Å²) in [6, 6.07) is 0. The monoisotopic (exact) mass is 141 g/mol. The molecule has 0 atom stereocenters. The van der Waals surface area contributed by atoms with Crippen LogP contribution < -0.4 is 0 Å². The Bertz CT molecular complexity index is 84.1. The lowest BCUT2D eigenvalue weighted by Crippen LogP contribution is -2.18. The van der Waals surface area contributed by atoms with Crippen LogP contribution in [0.1, 0.15) is 13.3 Å². The highest BCUT2D eigenvalue weighted by atomic mass is 32.1. The Morgan fingerprint density at radius 3 is 2.25 bits per heavy atom. The Labute approximate surface area is 50.6 Å².